The van der Waals surface area contributed by atoms with E-state index in [2.05, 4.69) is 22.2 Å². The van der Waals surface area contributed by atoms with E-state index in [1.165, 1.54) is 25.7 Å². The van der Waals surface area contributed by atoms with E-state index >= 15 is 0 Å². The molecule has 0 bridgehead atoms. The second kappa shape index (κ2) is 4.68. The Kier molecular flexibility index (Phi) is 3.27. The van der Waals surface area contributed by atoms with Crippen LogP contribution in [0.2, 0.25) is 0 Å². The predicted molar refractivity (Wildman–Crippen MR) is 66.2 cm³/mol. The third kappa shape index (κ3) is 2.62. The smallest absolute Gasteiger partial charge is 0.132 e. The van der Waals surface area contributed by atoms with Crippen LogP contribution in [-0.2, 0) is 0 Å². The lowest BCUT2D eigenvalue weighted by molar-refractivity contribution is 0.349. The number of hydrogen-bond acceptors (Lipinski definition) is 4. The van der Waals surface area contributed by atoms with Crippen LogP contribution < -0.4 is 11.1 Å². The molecule has 1 saturated carbocycles. The summed E-state index contributed by atoms with van der Waals surface area (Å²) < 4.78 is 0. The van der Waals surface area contributed by atoms with Crippen LogP contribution in [0.1, 0.15) is 38.4 Å². The normalized spacial score (nSPS) is 25.4. The van der Waals surface area contributed by atoms with Gasteiger partial charge in [0.2, 0.25) is 0 Å². The largest absolute Gasteiger partial charge is 0.384 e. The Bertz CT molecular complexity index is 344. The maximum Gasteiger partial charge on any atom is 0.132 e. The van der Waals surface area contributed by atoms with Gasteiger partial charge < -0.3 is 11.1 Å². The number of rotatable bonds is 2. The molecule has 1 aromatic heterocycles. The van der Waals surface area contributed by atoms with Crippen molar-refractivity contribution in [1.82, 2.24) is 9.97 Å². The number of hydrogen-bond donors (Lipinski definition) is 2. The lowest BCUT2D eigenvalue weighted by Crippen LogP contribution is -2.30. The lowest BCUT2D eigenvalue weighted by Gasteiger charge is -2.29. The molecule has 88 valence electrons. The molecule has 1 aliphatic rings. The summed E-state index contributed by atoms with van der Waals surface area (Å²) in [5.41, 5.74) is 5.71. The average Bonchev–Trinajstić information content (AvgIpc) is 2.20. The molecule has 1 heterocycles. The number of anilines is 2. The van der Waals surface area contributed by atoms with E-state index in [0.717, 1.165) is 11.6 Å². The van der Waals surface area contributed by atoms with Gasteiger partial charge in [-0.2, -0.15) is 0 Å². The summed E-state index contributed by atoms with van der Waals surface area (Å²) in [7, 11) is 0. The fourth-order valence-electron chi connectivity index (χ4n) is 2.39. The summed E-state index contributed by atoms with van der Waals surface area (Å²) in [6, 6.07) is 2.34. The van der Waals surface area contributed by atoms with Gasteiger partial charge in [-0.25, -0.2) is 9.97 Å². The zero-order valence-corrected chi connectivity index (χ0v) is 10.0. The van der Waals surface area contributed by atoms with E-state index in [1.54, 1.807) is 0 Å². The molecule has 0 aliphatic heterocycles. The molecule has 4 heteroatoms. The van der Waals surface area contributed by atoms with Gasteiger partial charge in [-0.3, -0.25) is 0 Å². The maximum atomic E-state index is 5.71. The highest BCUT2D eigenvalue weighted by molar-refractivity contribution is 5.45. The van der Waals surface area contributed by atoms with Crippen LogP contribution in [0.4, 0.5) is 11.6 Å². The van der Waals surface area contributed by atoms with E-state index < -0.39 is 0 Å². The molecule has 4 nitrogen and oxygen atoms in total. The minimum Gasteiger partial charge on any atom is -0.384 e. The van der Waals surface area contributed by atoms with Crippen LogP contribution >= 0.6 is 0 Å². The fraction of sp³-hybridized carbons (Fsp3) is 0.667. The first-order valence-electron chi connectivity index (χ1n) is 6.03. The maximum absolute atomic E-state index is 5.71. The topological polar surface area (TPSA) is 63.8 Å². The third-order valence-corrected chi connectivity index (χ3v) is 3.30. The number of nitrogens with two attached hydrogens (primary N) is 1. The summed E-state index contributed by atoms with van der Waals surface area (Å²) in [4.78, 5) is 8.43. The van der Waals surface area contributed by atoms with Crippen LogP contribution in [0.15, 0.2) is 6.07 Å². The number of nitrogen functional groups attached to an aromatic ring is 1. The molecule has 0 spiro atoms. The molecule has 0 amide bonds. The number of aromatic nitrogens is 2. The Morgan fingerprint density at radius 1 is 1.31 bits per heavy atom. The van der Waals surface area contributed by atoms with Gasteiger partial charge in [0, 0.05) is 12.1 Å². The van der Waals surface area contributed by atoms with Crippen molar-refractivity contribution in [2.24, 2.45) is 5.92 Å². The molecule has 0 saturated heterocycles. The Balaban J connectivity index is 2.07. The summed E-state index contributed by atoms with van der Waals surface area (Å²) in [6.45, 7) is 4.17. The predicted octanol–water partition coefficient (Wildman–Crippen LogP) is 2.36. The first kappa shape index (κ1) is 11.2. The van der Waals surface area contributed by atoms with Gasteiger partial charge in [-0.05, 0) is 25.7 Å². The van der Waals surface area contributed by atoms with Gasteiger partial charge in [0.05, 0.1) is 0 Å². The Labute approximate surface area is 96.7 Å². The van der Waals surface area contributed by atoms with Crippen LogP contribution in [0.3, 0.4) is 0 Å². The molecule has 0 aromatic carbocycles. The Hall–Kier alpha value is -1.32. The second-order valence-electron chi connectivity index (χ2n) is 4.74. The van der Waals surface area contributed by atoms with Crippen LogP contribution in [0.5, 0.6) is 0 Å². The molecular weight excluding hydrogens is 200 g/mol. The molecule has 0 radical (unpaired) electrons. The zero-order chi connectivity index (χ0) is 11.5. The fourth-order valence-corrected chi connectivity index (χ4v) is 2.39. The highest BCUT2D eigenvalue weighted by Gasteiger charge is 2.21. The van der Waals surface area contributed by atoms with Crippen molar-refractivity contribution in [3.63, 3.8) is 0 Å². The third-order valence-electron chi connectivity index (χ3n) is 3.30. The molecule has 1 fully saturated rings. The molecule has 2 rings (SSSR count). The summed E-state index contributed by atoms with van der Waals surface area (Å²) in [5.74, 6) is 2.85. The summed E-state index contributed by atoms with van der Waals surface area (Å²) in [5, 5.41) is 3.48. The minimum absolute atomic E-state index is 0.530. The molecule has 0 unspecified atom stereocenters. The molecule has 16 heavy (non-hydrogen) atoms. The Morgan fingerprint density at radius 3 is 2.75 bits per heavy atom. The molecule has 3 N–H and O–H groups in total. The molecule has 1 aromatic rings. The summed E-state index contributed by atoms with van der Waals surface area (Å²) in [6.07, 6.45) is 5.19. The van der Waals surface area contributed by atoms with E-state index in [9.17, 15) is 0 Å². The summed E-state index contributed by atoms with van der Waals surface area (Å²) >= 11 is 0. The van der Waals surface area contributed by atoms with Gasteiger partial charge >= 0.3 is 0 Å². The van der Waals surface area contributed by atoms with Gasteiger partial charge in [0.15, 0.2) is 0 Å². The van der Waals surface area contributed by atoms with Gasteiger partial charge in [-0.1, -0.05) is 19.8 Å². The number of aryl methyl sites for hydroxylation is 1. The van der Waals surface area contributed by atoms with Crippen molar-refractivity contribution < 1.29 is 0 Å². The molecule has 1 aliphatic carbocycles. The monoisotopic (exact) mass is 220 g/mol. The van der Waals surface area contributed by atoms with Crippen molar-refractivity contribution in [3.8, 4) is 0 Å². The minimum atomic E-state index is 0.530. The second-order valence-corrected chi connectivity index (χ2v) is 4.74. The van der Waals surface area contributed by atoms with Crippen LogP contribution in [0, 0.1) is 12.8 Å². The van der Waals surface area contributed by atoms with Gasteiger partial charge in [0.25, 0.3) is 0 Å². The van der Waals surface area contributed by atoms with Crippen molar-refractivity contribution in [3.05, 3.63) is 11.9 Å². The van der Waals surface area contributed by atoms with Crippen molar-refractivity contribution in [2.45, 2.75) is 45.6 Å². The van der Waals surface area contributed by atoms with Gasteiger partial charge in [-0.15, -0.1) is 0 Å². The van der Waals surface area contributed by atoms with E-state index in [0.29, 0.717) is 17.8 Å². The first-order valence-corrected chi connectivity index (χ1v) is 6.03. The lowest BCUT2D eigenvalue weighted by atomic mass is 9.86. The van der Waals surface area contributed by atoms with Crippen molar-refractivity contribution in [1.29, 1.82) is 0 Å². The van der Waals surface area contributed by atoms with E-state index in [4.69, 9.17) is 5.73 Å². The quantitative estimate of drug-likeness (QED) is 0.803. The standard InChI is InChI=1S/C12H20N4/c1-8-5-3-4-6-10(8)16-12-7-11(13)14-9(2)15-12/h7-8,10H,3-6H2,1-2H3,(H3,13,14,15,16)/t8-,10+/m0/s1. The number of nitrogens with one attached hydrogen (secondary N) is 1. The Morgan fingerprint density at radius 2 is 2.06 bits per heavy atom. The number of nitrogens with zero attached hydrogens (tertiary/aromatic N) is 2. The highest BCUT2D eigenvalue weighted by atomic mass is 15.1. The van der Waals surface area contributed by atoms with Crippen molar-refractivity contribution in [2.75, 3.05) is 11.1 Å². The molecular formula is C12H20N4. The SMILES string of the molecule is Cc1nc(N)cc(N[C@@H]2CCCC[C@@H]2C)n1. The average molecular weight is 220 g/mol. The highest BCUT2D eigenvalue weighted by Crippen LogP contribution is 2.26. The molecule has 2 atom stereocenters. The van der Waals surface area contributed by atoms with Gasteiger partial charge in [0.1, 0.15) is 17.5 Å². The van der Waals surface area contributed by atoms with Crippen LogP contribution in [-0.4, -0.2) is 16.0 Å². The van der Waals surface area contributed by atoms with E-state index in [1.807, 2.05) is 13.0 Å². The van der Waals surface area contributed by atoms with Crippen LogP contribution in [0.25, 0.3) is 0 Å². The van der Waals surface area contributed by atoms with Crippen molar-refractivity contribution >= 4 is 11.6 Å². The zero-order valence-electron chi connectivity index (χ0n) is 10.0. The first-order chi connectivity index (χ1) is 7.65. The van der Waals surface area contributed by atoms with E-state index in [-0.39, 0.29) is 0 Å².